The summed E-state index contributed by atoms with van der Waals surface area (Å²) >= 11 is 0. The number of nitrogens with one attached hydrogen (secondary N) is 1. The number of anilines is 1. The molecule has 2 aromatic rings. The van der Waals surface area contributed by atoms with Crippen LogP contribution in [0.5, 0.6) is 0 Å². The summed E-state index contributed by atoms with van der Waals surface area (Å²) in [5.41, 5.74) is 5.79. The number of benzene rings is 2. The average molecular weight is 361 g/mol. The van der Waals surface area contributed by atoms with E-state index in [4.69, 9.17) is 4.99 Å². The van der Waals surface area contributed by atoms with Crippen LogP contribution in [0.1, 0.15) is 69.6 Å². The minimum absolute atomic E-state index is 0.200. The Hall–Kier alpha value is -2.09. The molecular weight excluding hydrogens is 328 g/mol. The maximum Gasteiger partial charge on any atom is 0.108 e. The molecule has 0 atom stereocenters. The molecule has 1 N–H and O–H groups in total. The number of nitrogens with zero attached hydrogens (tertiary/aromatic N) is 1. The van der Waals surface area contributed by atoms with Crippen LogP contribution in [-0.4, -0.2) is 5.84 Å². The Morgan fingerprint density at radius 1 is 0.926 bits per heavy atom. The van der Waals surface area contributed by atoms with E-state index in [2.05, 4.69) is 74.6 Å². The average Bonchev–Trinajstić information content (AvgIpc) is 2.66. The van der Waals surface area contributed by atoms with E-state index in [9.17, 15) is 0 Å². The summed E-state index contributed by atoms with van der Waals surface area (Å²) < 4.78 is 0. The standard InChI is InChI=1S/C25H32N2/c1-24(2,3)21-13-11-19(12-14-21)18-26-23-25(15-7-4-8-16-25)17-20-9-5-6-10-22(20)27-23/h5-6,9-14H,4,7-8,15-18H2,1-3H3,(H,26,27). The number of para-hydroxylation sites is 1. The van der Waals surface area contributed by atoms with Crippen molar-refractivity contribution in [3.63, 3.8) is 0 Å². The first-order valence-corrected chi connectivity index (χ1v) is 10.5. The molecule has 1 fully saturated rings. The van der Waals surface area contributed by atoms with Crippen LogP contribution in [0, 0.1) is 5.41 Å². The van der Waals surface area contributed by atoms with Gasteiger partial charge in [-0.1, -0.05) is 82.5 Å². The van der Waals surface area contributed by atoms with Crippen molar-refractivity contribution in [2.24, 2.45) is 10.4 Å². The fraction of sp³-hybridized carbons (Fsp3) is 0.480. The van der Waals surface area contributed by atoms with Gasteiger partial charge in [0.25, 0.3) is 0 Å². The van der Waals surface area contributed by atoms with Gasteiger partial charge in [-0.05, 0) is 47.4 Å². The predicted octanol–water partition coefficient (Wildman–Crippen LogP) is 6.50. The molecule has 0 amide bonds. The highest BCUT2D eigenvalue weighted by Gasteiger charge is 2.40. The molecule has 27 heavy (non-hydrogen) atoms. The van der Waals surface area contributed by atoms with Crippen LogP contribution in [0.15, 0.2) is 53.5 Å². The molecule has 1 spiro atoms. The fourth-order valence-electron chi connectivity index (χ4n) is 4.63. The van der Waals surface area contributed by atoms with E-state index in [0.29, 0.717) is 0 Å². The van der Waals surface area contributed by atoms with Crippen molar-refractivity contribution in [1.29, 1.82) is 0 Å². The number of rotatable bonds is 2. The SMILES string of the molecule is CC(C)(C)c1ccc(CN=C2Nc3ccccc3CC23CCCCC3)cc1. The van der Waals surface area contributed by atoms with Crippen molar-refractivity contribution in [3.8, 4) is 0 Å². The maximum atomic E-state index is 5.13. The van der Waals surface area contributed by atoms with Crippen molar-refractivity contribution in [2.45, 2.75) is 71.3 Å². The molecular formula is C25H32N2. The molecule has 0 bridgehead atoms. The largest absolute Gasteiger partial charge is 0.343 e. The van der Waals surface area contributed by atoms with Crippen LogP contribution < -0.4 is 5.32 Å². The van der Waals surface area contributed by atoms with Crippen LogP contribution in [0.4, 0.5) is 5.69 Å². The highest BCUT2D eigenvalue weighted by molar-refractivity contribution is 6.02. The van der Waals surface area contributed by atoms with Crippen LogP contribution in [-0.2, 0) is 18.4 Å². The van der Waals surface area contributed by atoms with Gasteiger partial charge in [-0.25, -0.2) is 0 Å². The summed E-state index contributed by atoms with van der Waals surface area (Å²) in [4.78, 5) is 5.13. The van der Waals surface area contributed by atoms with Gasteiger partial charge in [0, 0.05) is 11.1 Å². The van der Waals surface area contributed by atoms with Gasteiger partial charge in [0.1, 0.15) is 5.84 Å². The van der Waals surface area contributed by atoms with Crippen molar-refractivity contribution >= 4 is 11.5 Å². The lowest BCUT2D eigenvalue weighted by atomic mass is 9.67. The molecule has 2 nitrogen and oxygen atoms in total. The maximum absolute atomic E-state index is 5.13. The van der Waals surface area contributed by atoms with Gasteiger partial charge in [0.15, 0.2) is 0 Å². The zero-order valence-electron chi connectivity index (χ0n) is 17.0. The number of hydrogen-bond acceptors (Lipinski definition) is 1. The van der Waals surface area contributed by atoms with Crippen LogP contribution in [0.2, 0.25) is 0 Å². The Labute approximate surface area is 164 Å². The van der Waals surface area contributed by atoms with Gasteiger partial charge in [-0.2, -0.15) is 0 Å². The number of amidine groups is 1. The van der Waals surface area contributed by atoms with E-state index in [1.807, 2.05) is 0 Å². The molecule has 2 aromatic carbocycles. The Bertz CT molecular complexity index is 818. The summed E-state index contributed by atoms with van der Waals surface area (Å²) in [6.45, 7) is 7.55. The smallest absolute Gasteiger partial charge is 0.108 e. The normalized spacial score (nSPS) is 20.3. The molecule has 2 heteroatoms. The molecule has 4 rings (SSSR count). The third-order valence-corrected chi connectivity index (χ3v) is 6.35. The van der Waals surface area contributed by atoms with Gasteiger partial charge in [-0.15, -0.1) is 0 Å². The zero-order valence-corrected chi connectivity index (χ0v) is 17.0. The first-order chi connectivity index (χ1) is 13.0. The molecule has 1 aliphatic carbocycles. The third-order valence-electron chi connectivity index (χ3n) is 6.35. The highest BCUT2D eigenvalue weighted by Crippen LogP contribution is 2.45. The Morgan fingerprint density at radius 3 is 2.33 bits per heavy atom. The van der Waals surface area contributed by atoms with Crippen molar-refractivity contribution < 1.29 is 0 Å². The molecule has 142 valence electrons. The Morgan fingerprint density at radius 2 is 1.63 bits per heavy atom. The second-order valence-corrected chi connectivity index (χ2v) is 9.41. The summed E-state index contributed by atoms with van der Waals surface area (Å²) in [6, 6.07) is 17.8. The van der Waals surface area contributed by atoms with Gasteiger partial charge in [-0.3, -0.25) is 4.99 Å². The lowest BCUT2D eigenvalue weighted by Gasteiger charge is -2.42. The fourth-order valence-corrected chi connectivity index (χ4v) is 4.63. The van der Waals surface area contributed by atoms with Gasteiger partial charge in [0.05, 0.1) is 6.54 Å². The summed E-state index contributed by atoms with van der Waals surface area (Å²) in [7, 11) is 0. The Balaban J connectivity index is 1.60. The van der Waals surface area contributed by atoms with E-state index in [1.54, 1.807) is 0 Å². The van der Waals surface area contributed by atoms with Crippen LogP contribution in [0.25, 0.3) is 0 Å². The number of fused-ring (bicyclic) bond motifs is 1. The van der Waals surface area contributed by atoms with Crippen LogP contribution >= 0.6 is 0 Å². The second kappa shape index (κ2) is 7.14. The summed E-state index contributed by atoms with van der Waals surface area (Å²) in [5, 5.41) is 3.71. The van der Waals surface area contributed by atoms with E-state index in [0.717, 1.165) is 13.0 Å². The van der Waals surface area contributed by atoms with Crippen molar-refractivity contribution in [3.05, 3.63) is 65.2 Å². The molecule has 0 saturated heterocycles. The minimum atomic E-state index is 0.200. The predicted molar refractivity (Wildman–Crippen MR) is 116 cm³/mol. The third kappa shape index (κ3) is 3.81. The first-order valence-electron chi connectivity index (χ1n) is 10.5. The molecule has 1 aliphatic heterocycles. The zero-order chi connectivity index (χ0) is 18.9. The lowest BCUT2D eigenvalue weighted by Crippen LogP contribution is -2.43. The van der Waals surface area contributed by atoms with Gasteiger partial charge < -0.3 is 5.32 Å². The quantitative estimate of drug-likeness (QED) is 0.649. The first kappa shape index (κ1) is 18.3. The van der Waals surface area contributed by atoms with Crippen molar-refractivity contribution in [2.75, 3.05) is 5.32 Å². The molecule has 1 heterocycles. The van der Waals surface area contributed by atoms with E-state index >= 15 is 0 Å². The van der Waals surface area contributed by atoms with E-state index in [1.165, 1.54) is 60.3 Å². The monoisotopic (exact) mass is 360 g/mol. The van der Waals surface area contributed by atoms with Gasteiger partial charge in [0.2, 0.25) is 0 Å². The van der Waals surface area contributed by atoms with E-state index in [-0.39, 0.29) is 10.8 Å². The summed E-state index contributed by atoms with van der Waals surface area (Å²) in [6.07, 6.45) is 7.67. The Kier molecular flexibility index (Phi) is 4.84. The molecule has 1 saturated carbocycles. The number of aliphatic imine (C=N–C) groups is 1. The topological polar surface area (TPSA) is 24.4 Å². The second-order valence-electron chi connectivity index (χ2n) is 9.41. The minimum Gasteiger partial charge on any atom is -0.343 e. The molecule has 0 aromatic heterocycles. The molecule has 0 unspecified atom stereocenters. The molecule has 0 radical (unpaired) electrons. The van der Waals surface area contributed by atoms with E-state index < -0.39 is 0 Å². The van der Waals surface area contributed by atoms with Crippen LogP contribution in [0.3, 0.4) is 0 Å². The summed E-state index contributed by atoms with van der Waals surface area (Å²) in [5.74, 6) is 1.22. The highest BCUT2D eigenvalue weighted by atomic mass is 15.0. The molecule has 2 aliphatic rings. The van der Waals surface area contributed by atoms with Crippen molar-refractivity contribution in [1.82, 2.24) is 0 Å². The lowest BCUT2D eigenvalue weighted by molar-refractivity contribution is 0.278. The van der Waals surface area contributed by atoms with Gasteiger partial charge >= 0.3 is 0 Å². The number of hydrogen-bond donors (Lipinski definition) is 1.